The molecule has 0 amide bonds. The smallest absolute Gasteiger partial charge is 0.226 e. The highest BCUT2D eigenvalue weighted by molar-refractivity contribution is 9.10. The van der Waals surface area contributed by atoms with Gasteiger partial charge in [0, 0.05) is 23.0 Å². The van der Waals surface area contributed by atoms with Crippen molar-refractivity contribution in [1.29, 1.82) is 0 Å². The number of nitrogens with two attached hydrogens (primary N) is 1. The van der Waals surface area contributed by atoms with Crippen LogP contribution in [-0.2, 0) is 19.6 Å². The highest BCUT2D eigenvalue weighted by Crippen LogP contribution is 2.23. The van der Waals surface area contributed by atoms with Crippen molar-refractivity contribution >= 4 is 15.9 Å². The maximum atomic E-state index is 5.66. The van der Waals surface area contributed by atoms with Crippen LogP contribution in [0.3, 0.4) is 0 Å². The first-order chi connectivity index (χ1) is 8.72. The molecule has 0 aliphatic carbocycles. The molecule has 1 aromatic carbocycles. The third-order valence-corrected chi connectivity index (χ3v) is 2.91. The molecule has 0 aliphatic heterocycles. The van der Waals surface area contributed by atoms with Crippen LogP contribution < -0.4 is 10.5 Å². The lowest BCUT2D eigenvalue weighted by molar-refractivity contribution is 0.282. The molecule has 0 saturated carbocycles. The van der Waals surface area contributed by atoms with Crippen LogP contribution >= 0.6 is 15.9 Å². The van der Waals surface area contributed by atoms with Crippen LogP contribution in [0.15, 0.2) is 27.2 Å². The predicted octanol–water partition coefficient (Wildman–Crippen LogP) is 2.43. The fourth-order valence-corrected chi connectivity index (χ4v) is 1.89. The zero-order valence-corrected chi connectivity index (χ0v) is 11.6. The molecule has 0 saturated heterocycles. The summed E-state index contributed by atoms with van der Waals surface area (Å²) in [5.41, 5.74) is 6.60. The third kappa shape index (κ3) is 3.08. The number of aromatic nitrogens is 2. The fraction of sp³-hybridized carbons (Fsp3) is 0.333. The molecule has 1 heterocycles. The van der Waals surface area contributed by atoms with Crippen LogP contribution in [0.4, 0.5) is 0 Å². The number of rotatable bonds is 5. The van der Waals surface area contributed by atoms with Crippen molar-refractivity contribution in [2.75, 3.05) is 0 Å². The summed E-state index contributed by atoms with van der Waals surface area (Å²) < 4.78 is 11.6. The predicted molar refractivity (Wildman–Crippen MR) is 70.0 cm³/mol. The zero-order valence-electron chi connectivity index (χ0n) is 10.0. The minimum atomic E-state index is 0.276. The first-order valence-electron chi connectivity index (χ1n) is 5.65. The molecule has 0 fully saturated rings. The van der Waals surface area contributed by atoms with E-state index in [2.05, 4.69) is 26.1 Å². The summed E-state index contributed by atoms with van der Waals surface area (Å²) in [6.07, 6.45) is 0.722. The average Bonchev–Trinajstić information content (AvgIpc) is 2.85. The van der Waals surface area contributed by atoms with Gasteiger partial charge in [0.05, 0.1) is 0 Å². The first kappa shape index (κ1) is 13.0. The number of nitrogens with zero attached hydrogens (tertiary/aromatic N) is 2. The van der Waals surface area contributed by atoms with E-state index in [1.807, 2.05) is 25.1 Å². The molecule has 5 nitrogen and oxygen atoms in total. The lowest BCUT2D eigenvalue weighted by atomic mass is 10.2. The summed E-state index contributed by atoms with van der Waals surface area (Å²) >= 11 is 3.39. The van der Waals surface area contributed by atoms with E-state index in [1.54, 1.807) is 0 Å². The standard InChI is InChI=1S/C12H14BrN3O2/c1-2-12-15-11(16-18-12)7-17-10-4-3-9(13)5-8(10)6-14/h3-5H,2,6-7,14H2,1H3. The van der Waals surface area contributed by atoms with E-state index in [0.717, 1.165) is 22.2 Å². The molecule has 2 rings (SSSR count). The van der Waals surface area contributed by atoms with Crippen LogP contribution in [0.25, 0.3) is 0 Å². The Hall–Kier alpha value is -1.40. The number of halogens is 1. The minimum absolute atomic E-state index is 0.276. The first-order valence-corrected chi connectivity index (χ1v) is 6.45. The molecular formula is C12H14BrN3O2. The van der Waals surface area contributed by atoms with Gasteiger partial charge in [0.15, 0.2) is 6.61 Å². The van der Waals surface area contributed by atoms with E-state index in [1.165, 1.54) is 0 Å². The topological polar surface area (TPSA) is 74.2 Å². The molecular weight excluding hydrogens is 298 g/mol. The lowest BCUT2D eigenvalue weighted by Gasteiger charge is -2.08. The van der Waals surface area contributed by atoms with E-state index in [0.29, 0.717) is 18.3 Å². The fourth-order valence-electron chi connectivity index (χ4n) is 1.48. The van der Waals surface area contributed by atoms with Crippen molar-refractivity contribution in [2.24, 2.45) is 5.73 Å². The Morgan fingerprint density at radius 1 is 1.44 bits per heavy atom. The summed E-state index contributed by atoms with van der Waals surface area (Å²) in [6.45, 7) is 2.65. The van der Waals surface area contributed by atoms with Crippen LogP contribution in [0.5, 0.6) is 5.75 Å². The Bertz CT molecular complexity index is 528. The van der Waals surface area contributed by atoms with Crippen molar-refractivity contribution in [3.63, 3.8) is 0 Å². The van der Waals surface area contributed by atoms with Gasteiger partial charge in [-0.2, -0.15) is 4.98 Å². The molecule has 96 valence electrons. The Kier molecular flexibility index (Phi) is 4.33. The molecule has 2 N–H and O–H groups in total. The van der Waals surface area contributed by atoms with Gasteiger partial charge >= 0.3 is 0 Å². The minimum Gasteiger partial charge on any atom is -0.485 e. The monoisotopic (exact) mass is 311 g/mol. The Morgan fingerprint density at radius 3 is 2.94 bits per heavy atom. The van der Waals surface area contributed by atoms with Gasteiger partial charge in [0.25, 0.3) is 0 Å². The molecule has 0 bridgehead atoms. The number of hydrogen-bond donors (Lipinski definition) is 1. The van der Waals surface area contributed by atoms with E-state index >= 15 is 0 Å². The molecule has 0 unspecified atom stereocenters. The summed E-state index contributed by atoms with van der Waals surface area (Å²) in [7, 11) is 0. The lowest BCUT2D eigenvalue weighted by Crippen LogP contribution is -2.03. The van der Waals surface area contributed by atoms with Crippen LogP contribution in [0, 0.1) is 0 Å². The van der Waals surface area contributed by atoms with Gasteiger partial charge < -0.3 is 15.0 Å². The summed E-state index contributed by atoms with van der Waals surface area (Å²) in [5.74, 6) is 1.89. The van der Waals surface area contributed by atoms with Gasteiger partial charge in [-0.25, -0.2) is 0 Å². The molecule has 0 aliphatic rings. The maximum absolute atomic E-state index is 5.66. The van der Waals surface area contributed by atoms with Gasteiger partial charge in [-0.15, -0.1) is 0 Å². The van der Waals surface area contributed by atoms with Crippen LogP contribution in [0.2, 0.25) is 0 Å². The van der Waals surface area contributed by atoms with Crippen molar-refractivity contribution in [3.8, 4) is 5.75 Å². The Morgan fingerprint density at radius 2 is 2.28 bits per heavy atom. The van der Waals surface area contributed by atoms with Crippen molar-refractivity contribution in [3.05, 3.63) is 40.0 Å². The highest BCUT2D eigenvalue weighted by atomic mass is 79.9. The molecule has 0 spiro atoms. The van der Waals surface area contributed by atoms with Crippen molar-refractivity contribution < 1.29 is 9.26 Å². The van der Waals surface area contributed by atoms with E-state index in [-0.39, 0.29) is 6.61 Å². The second-order valence-electron chi connectivity index (χ2n) is 3.70. The van der Waals surface area contributed by atoms with Gasteiger partial charge in [-0.3, -0.25) is 0 Å². The quantitative estimate of drug-likeness (QED) is 0.918. The Labute approximate surface area is 113 Å². The largest absolute Gasteiger partial charge is 0.485 e. The SMILES string of the molecule is CCc1nc(COc2ccc(Br)cc2CN)no1. The van der Waals surface area contributed by atoms with E-state index in [4.69, 9.17) is 15.0 Å². The number of aryl methyl sites for hydroxylation is 1. The second kappa shape index (κ2) is 5.97. The molecule has 0 atom stereocenters. The summed E-state index contributed by atoms with van der Waals surface area (Å²) in [5, 5.41) is 3.82. The van der Waals surface area contributed by atoms with E-state index < -0.39 is 0 Å². The average molecular weight is 312 g/mol. The number of hydrogen-bond acceptors (Lipinski definition) is 5. The molecule has 0 radical (unpaired) electrons. The molecule has 1 aromatic heterocycles. The van der Waals surface area contributed by atoms with Gasteiger partial charge in [0.1, 0.15) is 5.75 Å². The van der Waals surface area contributed by atoms with Gasteiger partial charge in [-0.05, 0) is 18.2 Å². The van der Waals surface area contributed by atoms with Gasteiger partial charge in [0.2, 0.25) is 11.7 Å². The summed E-state index contributed by atoms with van der Waals surface area (Å²) in [4.78, 5) is 4.17. The second-order valence-corrected chi connectivity index (χ2v) is 4.62. The molecule has 6 heteroatoms. The Balaban J connectivity index is 2.05. The van der Waals surface area contributed by atoms with Crippen LogP contribution in [0.1, 0.15) is 24.2 Å². The summed E-state index contributed by atoms with van der Waals surface area (Å²) in [6, 6.07) is 5.71. The maximum Gasteiger partial charge on any atom is 0.226 e. The number of ether oxygens (including phenoxy) is 1. The van der Waals surface area contributed by atoms with E-state index in [9.17, 15) is 0 Å². The molecule has 2 aromatic rings. The zero-order chi connectivity index (χ0) is 13.0. The third-order valence-electron chi connectivity index (χ3n) is 2.41. The highest BCUT2D eigenvalue weighted by Gasteiger charge is 2.07. The molecule has 18 heavy (non-hydrogen) atoms. The van der Waals surface area contributed by atoms with Crippen LogP contribution in [-0.4, -0.2) is 10.1 Å². The van der Waals surface area contributed by atoms with Crippen molar-refractivity contribution in [2.45, 2.75) is 26.5 Å². The van der Waals surface area contributed by atoms with Gasteiger partial charge in [-0.1, -0.05) is 28.0 Å². The number of benzene rings is 1. The van der Waals surface area contributed by atoms with Crippen molar-refractivity contribution in [1.82, 2.24) is 10.1 Å². The normalized spacial score (nSPS) is 10.6.